The van der Waals surface area contributed by atoms with Gasteiger partial charge in [0.25, 0.3) is 0 Å². The van der Waals surface area contributed by atoms with E-state index in [0.717, 1.165) is 26.2 Å². The molecule has 0 aliphatic carbocycles. The molecule has 2 aromatic carbocycles. The Balaban J connectivity index is 0.00000162. The van der Waals surface area contributed by atoms with Gasteiger partial charge in [0.2, 0.25) is 12.7 Å². The van der Waals surface area contributed by atoms with E-state index in [0.29, 0.717) is 0 Å². The molecule has 2 aromatic heterocycles. The minimum Gasteiger partial charge on any atom is -1.00 e. The van der Waals surface area contributed by atoms with E-state index in [1.807, 2.05) is 0 Å². The van der Waals surface area contributed by atoms with Crippen molar-refractivity contribution in [2.75, 3.05) is 0 Å². The summed E-state index contributed by atoms with van der Waals surface area (Å²) in [6.45, 7) is 17.2. The van der Waals surface area contributed by atoms with Crippen molar-refractivity contribution >= 4 is 0 Å². The fourth-order valence-electron chi connectivity index (χ4n) is 5.50. The molecule has 0 spiro atoms. The zero-order valence-corrected chi connectivity index (χ0v) is 24.2. The molecular weight excluding hydrogens is 552 g/mol. The fourth-order valence-corrected chi connectivity index (χ4v) is 5.50. The minimum atomic E-state index is 0. The molecule has 0 amide bonds. The molecule has 0 saturated heterocycles. The predicted molar refractivity (Wildman–Crippen MR) is 127 cm³/mol. The maximum Gasteiger partial charge on any atom is 0.244 e. The van der Waals surface area contributed by atoms with Gasteiger partial charge in [0.05, 0.1) is 0 Å². The first-order valence-electron chi connectivity index (χ1n) is 11.6. The van der Waals surface area contributed by atoms with E-state index < -0.39 is 0 Å². The second-order valence-electron chi connectivity index (χ2n) is 9.70. The Hall–Kier alpha value is -2.18. The third kappa shape index (κ3) is 4.80. The van der Waals surface area contributed by atoms with Crippen LogP contribution >= 0.6 is 0 Å². The average Bonchev–Trinajstić information content (AvgIpc) is 3.37. The highest BCUT2D eigenvalue weighted by atomic mass is 79.9. The topological polar surface area (TPSA) is 17.6 Å². The Morgan fingerprint density at radius 1 is 0.559 bits per heavy atom. The largest absolute Gasteiger partial charge is 1.00 e. The third-order valence-electron chi connectivity index (χ3n) is 7.44. The molecule has 8 bridgehead atoms. The highest BCUT2D eigenvalue weighted by molar-refractivity contribution is 5.45. The summed E-state index contributed by atoms with van der Waals surface area (Å²) in [6, 6.07) is 4.72. The second kappa shape index (κ2) is 10.2. The first-order chi connectivity index (χ1) is 15.3. The lowest BCUT2D eigenvalue weighted by Gasteiger charge is -2.16. The summed E-state index contributed by atoms with van der Waals surface area (Å²) in [4.78, 5) is 0. The van der Waals surface area contributed by atoms with E-state index in [1.165, 1.54) is 55.6 Å². The van der Waals surface area contributed by atoms with Crippen molar-refractivity contribution in [1.29, 1.82) is 0 Å². The lowest BCUT2D eigenvalue weighted by molar-refractivity contribution is -0.689. The predicted octanol–water partition coefficient (Wildman–Crippen LogP) is -1.77. The molecule has 0 unspecified atom stereocenters. The Bertz CT molecular complexity index is 1150. The van der Waals surface area contributed by atoms with Crippen molar-refractivity contribution in [3.63, 3.8) is 0 Å². The molecule has 180 valence electrons. The minimum absolute atomic E-state index is 0. The summed E-state index contributed by atoms with van der Waals surface area (Å²) < 4.78 is 9.29. The van der Waals surface area contributed by atoms with Crippen LogP contribution in [0.1, 0.15) is 55.6 Å². The number of hydrogen-bond donors (Lipinski definition) is 0. The van der Waals surface area contributed by atoms with Crippen LogP contribution in [-0.4, -0.2) is 9.13 Å². The van der Waals surface area contributed by atoms with Crippen molar-refractivity contribution in [3.8, 4) is 0 Å². The van der Waals surface area contributed by atoms with Gasteiger partial charge in [-0.2, -0.15) is 0 Å². The molecule has 4 nitrogen and oxygen atoms in total. The SMILES string of the molecule is Cc1cc(C)c2c(C)c1Cn1cc[n+](c1)Cc1c(C)cc(C)c(c1C)C[n+]1ccn(c1)C2.[Br-].[Br-]. The van der Waals surface area contributed by atoms with Crippen LogP contribution in [0, 0.1) is 41.5 Å². The molecule has 0 saturated carbocycles. The number of aromatic nitrogens is 4. The van der Waals surface area contributed by atoms with Gasteiger partial charge in [-0.15, -0.1) is 0 Å². The third-order valence-corrected chi connectivity index (χ3v) is 7.44. The molecule has 0 fully saturated rings. The molecule has 4 aromatic rings. The first kappa shape index (κ1) is 26.4. The number of rotatable bonds is 0. The fraction of sp³-hybridized carbons (Fsp3) is 0.357. The monoisotopic (exact) mass is 584 g/mol. The summed E-state index contributed by atoms with van der Waals surface area (Å²) in [5.41, 5.74) is 14.1. The summed E-state index contributed by atoms with van der Waals surface area (Å²) in [7, 11) is 0. The van der Waals surface area contributed by atoms with Crippen LogP contribution in [0.4, 0.5) is 0 Å². The molecule has 1 aliphatic rings. The Morgan fingerprint density at radius 3 is 1.32 bits per heavy atom. The normalized spacial score (nSPS) is 12.6. The van der Waals surface area contributed by atoms with Crippen LogP contribution in [0.5, 0.6) is 0 Å². The number of benzene rings is 2. The lowest BCUT2D eigenvalue weighted by Crippen LogP contribution is -3.00. The zero-order chi connectivity index (χ0) is 22.6. The van der Waals surface area contributed by atoms with Crippen LogP contribution in [0.3, 0.4) is 0 Å². The number of nitrogens with zero attached hydrogens (tertiary/aromatic N) is 4. The van der Waals surface area contributed by atoms with E-state index in [1.54, 1.807) is 0 Å². The molecule has 6 heteroatoms. The van der Waals surface area contributed by atoms with E-state index in [2.05, 4.69) is 109 Å². The molecule has 0 N–H and O–H groups in total. The van der Waals surface area contributed by atoms with Crippen molar-refractivity contribution in [1.82, 2.24) is 9.13 Å². The van der Waals surface area contributed by atoms with Gasteiger partial charge in [0.15, 0.2) is 0 Å². The van der Waals surface area contributed by atoms with E-state index in [-0.39, 0.29) is 34.0 Å². The van der Waals surface area contributed by atoms with Crippen LogP contribution in [0.2, 0.25) is 0 Å². The Labute approximate surface area is 224 Å². The number of fused-ring (bicyclic) bond motifs is 8. The quantitative estimate of drug-likeness (QED) is 0.192. The van der Waals surface area contributed by atoms with Gasteiger partial charge >= 0.3 is 0 Å². The van der Waals surface area contributed by atoms with Crippen LogP contribution < -0.4 is 43.1 Å². The highest BCUT2D eigenvalue weighted by Crippen LogP contribution is 2.25. The van der Waals surface area contributed by atoms with Gasteiger partial charge in [0.1, 0.15) is 51.0 Å². The summed E-state index contributed by atoms with van der Waals surface area (Å²) >= 11 is 0. The smallest absolute Gasteiger partial charge is 0.244 e. The van der Waals surface area contributed by atoms with Gasteiger partial charge in [0, 0.05) is 0 Å². The molecule has 5 rings (SSSR count). The number of halogens is 2. The molecule has 0 radical (unpaired) electrons. The molecule has 1 aliphatic heterocycles. The van der Waals surface area contributed by atoms with E-state index in [9.17, 15) is 0 Å². The molecule has 0 atom stereocenters. The summed E-state index contributed by atoms with van der Waals surface area (Å²) in [5.74, 6) is 0. The van der Waals surface area contributed by atoms with Crippen molar-refractivity contribution in [3.05, 3.63) is 105 Å². The summed E-state index contributed by atoms with van der Waals surface area (Å²) in [6.07, 6.45) is 13.4. The lowest BCUT2D eigenvalue weighted by atomic mass is 9.93. The highest BCUT2D eigenvalue weighted by Gasteiger charge is 2.20. The van der Waals surface area contributed by atoms with Crippen molar-refractivity contribution < 1.29 is 43.1 Å². The van der Waals surface area contributed by atoms with Crippen LogP contribution in [-0.2, 0) is 26.2 Å². The van der Waals surface area contributed by atoms with Gasteiger partial charge in [-0.25, -0.2) is 18.3 Å². The second-order valence-corrected chi connectivity index (χ2v) is 9.70. The molecule has 34 heavy (non-hydrogen) atoms. The Morgan fingerprint density at radius 2 is 0.912 bits per heavy atom. The van der Waals surface area contributed by atoms with Gasteiger partial charge in [-0.05, 0) is 97.2 Å². The zero-order valence-electron chi connectivity index (χ0n) is 21.0. The van der Waals surface area contributed by atoms with Crippen LogP contribution in [0.25, 0.3) is 0 Å². The number of aryl methyl sites for hydroxylation is 4. The standard InChI is InChI=1S/C28H34N4.2BrH/c1-19-11-20(2)26-14-30-9-10-32(18-30)16-28-22(4)12-21(3)27(24(28)6)15-31-8-7-29(17-31)13-25(19)23(26)5;;/h7-12,17-18H,13-16H2,1-6H3;2*1H/q+2;;/p-2. The molecular formula is C28H34Br2N4. The van der Waals surface area contributed by atoms with E-state index in [4.69, 9.17) is 0 Å². The first-order valence-corrected chi connectivity index (χ1v) is 11.6. The van der Waals surface area contributed by atoms with Crippen LogP contribution in [0.15, 0.2) is 49.6 Å². The summed E-state index contributed by atoms with van der Waals surface area (Å²) in [5, 5.41) is 0. The van der Waals surface area contributed by atoms with Gasteiger partial charge in [-0.1, -0.05) is 12.1 Å². The number of imidazole rings is 2. The average molecular weight is 586 g/mol. The van der Waals surface area contributed by atoms with Gasteiger partial charge < -0.3 is 34.0 Å². The van der Waals surface area contributed by atoms with E-state index >= 15 is 0 Å². The number of hydrogen-bond acceptors (Lipinski definition) is 0. The van der Waals surface area contributed by atoms with Gasteiger partial charge in [-0.3, -0.25) is 0 Å². The van der Waals surface area contributed by atoms with Crippen molar-refractivity contribution in [2.24, 2.45) is 0 Å². The van der Waals surface area contributed by atoms with Crippen molar-refractivity contribution in [2.45, 2.75) is 67.7 Å². The Kier molecular flexibility index (Phi) is 7.93. The molecule has 3 heterocycles. The maximum absolute atomic E-state index is 2.36. The maximum atomic E-state index is 2.36.